The van der Waals surface area contributed by atoms with Crippen molar-refractivity contribution in [3.8, 4) is 11.1 Å². The fourth-order valence-corrected chi connectivity index (χ4v) is 2.94. The summed E-state index contributed by atoms with van der Waals surface area (Å²) in [6.45, 7) is 0. The standard InChI is InChI=1S/C17H11NO/c19-18-17-14-8-2-1-7-12(14)13-9-3-5-11-6-4-10-15(17)16(11)13/h1-10,19H. The normalized spacial score (nSPS) is 14.6. The van der Waals surface area contributed by atoms with Crippen molar-refractivity contribution in [1.82, 2.24) is 0 Å². The molecule has 0 spiro atoms. The van der Waals surface area contributed by atoms with Gasteiger partial charge >= 0.3 is 0 Å². The van der Waals surface area contributed by atoms with Crippen molar-refractivity contribution in [2.45, 2.75) is 0 Å². The van der Waals surface area contributed by atoms with Gasteiger partial charge in [-0.15, -0.1) is 0 Å². The Bertz CT molecular complexity index is 828. The zero-order chi connectivity index (χ0) is 12.8. The van der Waals surface area contributed by atoms with E-state index in [0.29, 0.717) is 5.71 Å². The minimum absolute atomic E-state index is 0.653. The molecule has 4 rings (SSSR count). The SMILES string of the molecule is ON=C1c2ccccc2-c2cccc3cccc1c23. The molecule has 1 aliphatic carbocycles. The summed E-state index contributed by atoms with van der Waals surface area (Å²) in [4.78, 5) is 0. The Labute approximate surface area is 110 Å². The lowest BCUT2D eigenvalue weighted by molar-refractivity contribution is 0.319. The summed E-state index contributed by atoms with van der Waals surface area (Å²) in [5.74, 6) is 0. The van der Waals surface area contributed by atoms with Gasteiger partial charge in [0.15, 0.2) is 0 Å². The minimum atomic E-state index is 0.653. The highest BCUT2D eigenvalue weighted by atomic mass is 16.4. The summed E-state index contributed by atoms with van der Waals surface area (Å²) in [7, 11) is 0. The van der Waals surface area contributed by atoms with Gasteiger partial charge in [0, 0.05) is 11.1 Å². The number of rotatable bonds is 0. The predicted octanol–water partition coefficient (Wildman–Crippen LogP) is 4.05. The number of benzene rings is 3. The maximum absolute atomic E-state index is 9.40. The Kier molecular flexibility index (Phi) is 2.00. The smallest absolute Gasteiger partial charge is 0.118 e. The molecule has 19 heavy (non-hydrogen) atoms. The Morgan fingerprint density at radius 3 is 2.00 bits per heavy atom. The third-order valence-electron chi connectivity index (χ3n) is 3.73. The van der Waals surface area contributed by atoms with Crippen molar-refractivity contribution in [2.24, 2.45) is 5.16 Å². The molecule has 0 saturated carbocycles. The quantitative estimate of drug-likeness (QED) is 0.368. The molecule has 0 aliphatic heterocycles. The van der Waals surface area contributed by atoms with Gasteiger partial charge in [-0.1, -0.05) is 65.8 Å². The van der Waals surface area contributed by atoms with Crippen LogP contribution in [0.1, 0.15) is 11.1 Å². The number of hydrogen-bond donors (Lipinski definition) is 1. The fourth-order valence-electron chi connectivity index (χ4n) is 2.94. The molecule has 0 radical (unpaired) electrons. The van der Waals surface area contributed by atoms with E-state index >= 15 is 0 Å². The third kappa shape index (κ3) is 1.28. The first-order valence-electron chi connectivity index (χ1n) is 6.24. The van der Waals surface area contributed by atoms with E-state index in [1.807, 2.05) is 30.3 Å². The molecule has 0 unspecified atom stereocenters. The summed E-state index contributed by atoms with van der Waals surface area (Å²) >= 11 is 0. The Morgan fingerprint density at radius 2 is 1.26 bits per heavy atom. The van der Waals surface area contributed by atoms with Crippen LogP contribution in [0.25, 0.3) is 21.9 Å². The van der Waals surface area contributed by atoms with E-state index in [4.69, 9.17) is 0 Å². The van der Waals surface area contributed by atoms with Gasteiger partial charge in [0.2, 0.25) is 0 Å². The number of fused-ring (bicyclic) bond motifs is 2. The Balaban J connectivity index is 2.28. The minimum Gasteiger partial charge on any atom is -0.410 e. The van der Waals surface area contributed by atoms with E-state index in [2.05, 4.69) is 35.5 Å². The van der Waals surface area contributed by atoms with Gasteiger partial charge in [-0.2, -0.15) is 0 Å². The van der Waals surface area contributed by atoms with E-state index in [0.717, 1.165) is 22.1 Å². The molecule has 0 amide bonds. The largest absolute Gasteiger partial charge is 0.410 e. The van der Waals surface area contributed by atoms with Crippen LogP contribution in [-0.2, 0) is 0 Å². The van der Waals surface area contributed by atoms with Crippen LogP contribution in [0.3, 0.4) is 0 Å². The van der Waals surface area contributed by atoms with Gasteiger partial charge in [0.1, 0.15) is 5.71 Å². The van der Waals surface area contributed by atoms with Crippen LogP contribution >= 0.6 is 0 Å². The molecule has 90 valence electrons. The molecule has 2 nitrogen and oxygen atoms in total. The van der Waals surface area contributed by atoms with E-state index < -0.39 is 0 Å². The summed E-state index contributed by atoms with van der Waals surface area (Å²) < 4.78 is 0. The van der Waals surface area contributed by atoms with Crippen LogP contribution in [0.4, 0.5) is 0 Å². The summed E-state index contributed by atoms with van der Waals surface area (Å²) in [5.41, 5.74) is 4.96. The van der Waals surface area contributed by atoms with Crippen LogP contribution < -0.4 is 0 Å². The monoisotopic (exact) mass is 245 g/mol. The molecular weight excluding hydrogens is 234 g/mol. The van der Waals surface area contributed by atoms with Crippen LogP contribution in [-0.4, -0.2) is 10.9 Å². The van der Waals surface area contributed by atoms with Crippen molar-refractivity contribution < 1.29 is 5.21 Å². The highest BCUT2D eigenvalue weighted by Gasteiger charge is 2.23. The number of oxime groups is 1. The maximum Gasteiger partial charge on any atom is 0.118 e. The van der Waals surface area contributed by atoms with Crippen molar-refractivity contribution >= 4 is 16.5 Å². The van der Waals surface area contributed by atoms with E-state index in [1.165, 1.54) is 10.9 Å². The molecule has 0 bridgehead atoms. The molecule has 3 aromatic rings. The van der Waals surface area contributed by atoms with Crippen molar-refractivity contribution in [3.63, 3.8) is 0 Å². The highest BCUT2D eigenvalue weighted by Crippen LogP contribution is 2.39. The lowest BCUT2D eigenvalue weighted by atomic mass is 9.82. The van der Waals surface area contributed by atoms with E-state index in [9.17, 15) is 5.21 Å². The van der Waals surface area contributed by atoms with Crippen LogP contribution in [0.2, 0.25) is 0 Å². The highest BCUT2D eigenvalue weighted by molar-refractivity contribution is 6.27. The molecule has 3 aromatic carbocycles. The fraction of sp³-hybridized carbons (Fsp3) is 0. The average Bonchev–Trinajstić information content (AvgIpc) is 2.48. The lowest BCUT2D eigenvalue weighted by Crippen LogP contribution is -2.10. The van der Waals surface area contributed by atoms with Gasteiger partial charge in [-0.25, -0.2) is 0 Å². The lowest BCUT2D eigenvalue weighted by Gasteiger charge is -2.21. The second-order valence-corrected chi connectivity index (χ2v) is 4.70. The predicted molar refractivity (Wildman–Crippen MR) is 76.8 cm³/mol. The van der Waals surface area contributed by atoms with Crippen LogP contribution in [0, 0.1) is 0 Å². The zero-order valence-electron chi connectivity index (χ0n) is 10.2. The van der Waals surface area contributed by atoms with E-state index in [1.54, 1.807) is 0 Å². The Morgan fingerprint density at radius 1 is 0.632 bits per heavy atom. The summed E-state index contributed by atoms with van der Waals surface area (Å²) in [6, 6.07) is 20.4. The number of nitrogens with zero attached hydrogens (tertiary/aromatic N) is 1. The molecular formula is C17H11NO. The molecule has 0 atom stereocenters. The number of hydrogen-bond acceptors (Lipinski definition) is 2. The average molecular weight is 245 g/mol. The second kappa shape index (κ2) is 3.69. The van der Waals surface area contributed by atoms with Gasteiger partial charge in [0.05, 0.1) is 0 Å². The molecule has 2 heteroatoms. The summed E-state index contributed by atoms with van der Waals surface area (Å²) in [5, 5.41) is 15.3. The van der Waals surface area contributed by atoms with Gasteiger partial charge in [-0.05, 0) is 21.9 Å². The first-order chi connectivity index (χ1) is 9.40. The van der Waals surface area contributed by atoms with Crippen molar-refractivity contribution in [2.75, 3.05) is 0 Å². The Hall–Kier alpha value is -2.61. The molecule has 0 heterocycles. The second-order valence-electron chi connectivity index (χ2n) is 4.70. The molecule has 0 aromatic heterocycles. The topological polar surface area (TPSA) is 32.6 Å². The van der Waals surface area contributed by atoms with E-state index in [-0.39, 0.29) is 0 Å². The molecule has 1 N–H and O–H groups in total. The van der Waals surface area contributed by atoms with Gasteiger partial charge in [-0.3, -0.25) is 0 Å². The zero-order valence-corrected chi connectivity index (χ0v) is 10.2. The van der Waals surface area contributed by atoms with Crippen LogP contribution in [0.15, 0.2) is 65.8 Å². The first kappa shape index (κ1) is 10.3. The van der Waals surface area contributed by atoms with Gasteiger partial charge < -0.3 is 5.21 Å². The first-order valence-corrected chi connectivity index (χ1v) is 6.24. The molecule has 0 fully saturated rings. The molecule has 0 saturated heterocycles. The van der Waals surface area contributed by atoms with Crippen LogP contribution in [0.5, 0.6) is 0 Å². The van der Waals surface area contributed by atoms with Gasteiger partial charge in [0.25, 0.3) is 0 Å². The van der Waals surface area contributed by atoms with Crippen molar-refractivity contribution in [3.05, 3.63) is 71.8 Å². The third-order valence-corrected chi connectivity index (χ3v) is 3.73. The maximum atomic E-state index is 9.40. The molecule has 1 aliphatic rings. The summed E-state index contributed by atoms with van der Waals surface area (Å²) in [6.07, 6.45) is 0. The van der Waals surface area contributed by atoms with Crippen molar-refractivity contribution in [1.29, 1.82) is 0 Å².